The van der Waals surface area contributed by atoms with E-state index in [4.69, 9.17) is 4.74 Å². The Balaban J connectivity index is 1.70. The molecule has 4 rings (SSSR count). The van der Waals surface area contributed by atoms with E-state index in [9.17, 15) is 5.11 Å². The number of hydrogen-bond acceptors (Lipinski definition) is 4. The van der Waals surface area contributed by atoms with Crippen LogP contribution in [0.25, 0.3) is 10.9 Å². The summed E-state index contributed by atoms with van der Waals surface area (Å²) in [6.45, 7) is 0. The van der Waals surface area contributed by atoms with Crippen LogP contribution in [0.2, 0.25) is 0 Å². The smallest absolute Gasteiger partial charge is 0.213 e. The van der Waals surface area contributed by atoms with Gasteiger partial charge in [-0.05, 0) is 49.4 Å². The monoisotopic (exact) mass is 298 g/mol. The topological polar surface area (TPSA) is 54.4 Å². The summed E-state index contributed by atoms with van der Waals surface area (Å²) in [7, 11) is 1.62. The van der Waals surface area contributed by atoms with Crippen LogP contribution in [-0.4, -0.2) is 29.3 Å². The minimum atomic E-state index is -0.713. The zero-order valence-corrected chi connectivity index (χ0v) is 12.9. The molecule has 4 nitrogen and oxygen atoms in total. The highest BCUT2D eigenvalue weighted by Gasteiger charge is 2.41. The van der Waals surface area contributed by atoms with Gasteiger partial charge in [0.05, 0.1) is 18.2 Å². The summed E-state index contributed by atoms with van der Waals surface area (Å²) in [5.74, 6) is 0.621. The second-order valence-electron chi connectivity index (χ2n) is 6.69. The van der Waals surface area contributed by atoms with Gasteiger partial charge in [0.15, 0.2) is 0 Å². The molecule has 2 atom stereocenters. The third-order valence-corrected chi connectivity index (χ3v) is 5.15. The second kappa shape index (κ2) is 5.21. The molecule has 2 unspecified atom stereocenters. The zero-order valence-electron chi connectivity index (χ0n) is 12.9. The van der Waals surface area contributed by atoms with Crippen molar-refractivity contribution < 1.29 is 9.84 Å². The Morgan fingerprint density at radius 2 is 1.95 bits per heavy atom. The third kappa shape index (κ3) is 2.36. The minimum Gasteiger partial charge on any atom is -0.481 e. The summed E-state index contributed by atoms with van der Waals surface area (Å²) >= 11 is 0. The van der Waals surface area contributed by atoms with Gasteiger partial charge in [0.1, 0.15) is 0 Å². The van der Waals surface area contributed by atoms with Gasteiger partial charge in [-0.15, -0.1) is 0 Å². The molecule has 0 amide bonds. The van der Waals surface area contributed by atoms with Gasteiger partial charge in [0, 0.05) is 23.5 Å². The van der Waals surface area contributed by atoms with Crippen molar-refractivity contribution in [2.24, 2.45) is 0 Å². The average Bonchev–Trinajstić information content (AvgIpc) is 2.53. The Morgan fingerprint density at radius 1 is 1.18 bits per heavy atom. The fraction of sp³-hybridized carbons (Fsp3) is 0.500. The molecule has 2 aliphatic heterocycles. The molecular weight excluding hydrogens is 276 g/mol. The van der Waals surface area contributed by atoms with Crippen molar-refractivity contribution in [3.05, 3.63) is 35.9 Å². The number of rotatable bonds is 2. The number of ether oxygens (including phenoxy) is 1. The van der Waals surface area contributed by atoms with Gasteiger partial charge in [-0.2, -0.15) is 0 Å². The number of methoxy groups -OCH3 is 1. The van der Waals surface area contributed by atoms with E-state index < -0.39 is 5.60 Å². The van der Waals surface area contributed by atoms with Crippen molar-refractivity contribution >= 4 is 10.9 Å². The van der Waals surface area contributed by atoms with E-state index >= 15 is 0 Å². The number of nitrogens with one attached hydrogen (secondary N) is 1. The van der Waals surface area contributed by atoms with Crippen LogP contribution in [0.3, 0.4) is 0 Å². The number of hydrogen-bond donors (Lipinski definition) is 2. The first-order chi connectivity index (χ1) is 10.7. The Hall–Kier alpha value is -1.65. The molecule has 0 aliphatic carbocycles. The first-order valence-corrected chi connectivity index (χ1v) is 8.10. The van der Waals surface area contributed by atoms with Gasteiger partial charge in [-0.1, -0.05) is 12.5 Å². The normalized spacial score (nSPS) is 31.2. The molecule has 1 aromatic carbocycles. The first kappa shape index (κ1) is 14.0. The number of fused-ring (bicyclic) bond motifs is 3. The molecule has 2 N–H and O–H groups in total. The molecule has 0 spiro atoms. The minimum absolute atomic E-state index is 0.446. The quantitative estimate of drug-likeness (QED) is 0.895. The summed E-state index contributed by atoms with van der Waals surface area (Å²) in [4.78, 5) is 4.44. The fourth-order valence-electron chi connectivity index (χ4n) is 4.08. The van der Waals surface area contributed by atoms with E-state index in [1.807, 2.05) is 24.3 Å². The maximum Gasteiger partial charge on any atom is 0.213 e. The Labute approximate surface area is 130 Å². The van der Waals surface area contributed by atoms with Crippen molar-refractivity contribution in [3.63, 3.8) is 0 Å². The van der Waals surface area contributed by atoms with Gasteiger partial charge >= 0.3 is 0 Å². The molecule has 2 saturated heterocycles. The molecule has 2 aliphatic rings. The van der Waals surface area contributed by atoms with E-state index in [0.29, 0.717) is 18.0 Å². The average molecular weight is 298 g/mol. The Bertz CT molecular complexity index is 689. The number of aromatic nitrogens is 1. The summed E-state index contributed by atoms with van der Waals surface area (Å²) in [5.41, 5.74) is 1.21. The summed E-state index contributed by atoms with van der Waals surface area (Å²) < 4.78 is 5.17. The van der Waals surface area contributed by atoms with Crippen molar-refractivity contribution in [2.45, 2.75) is 49.8 Å². The first-order valence-electron chi connectivity index (χ1n) is 8.10. The largest absolute Gasteiger partial charge is 0.481 e. The predicted octanol–water partition coefficient (Wildman–Crippen LogP) is 2.74. The molecule has 2 bridgehead atoms. The van der Waals surface area contributed by atoms with Gasteiger partial charge in [-0.3, -0.25) is 0 Å². The van der Waals surface area contributed by atoms with Crippen LogP contribution >= 0.6 is 0 Å². The van der Waals surface area contributed by atoms with E-state index in [-0.39, 0.29) is 0 Å². The molecule has 0 saturated carbocycles. The number of pyridine rings is 1. The van der Waals surface area contributed by atoms with Crippen molar-refractivity contribution in [3.8, 4) is 5.88 Å². The molecule has 2 aromatic rings. The van der Waals surface area contributed by atoms with Crippen LogP contribution in [0, 0.1) is 0 Å². The highest BCUT2D eigenvalue weighted by atomic mass is 16.5. The van der Waals surface area contributed by atoms with Gasteiger partial charge in [0.2, 0.25) is 5.88 Å². The van der Waals surface area contributed by atoms with E-state index in [0.717, 1.165) is 29.3 Å². The maximum atomic E-state index is 11.2. The van der Waals surface area contributed by atoms with Crippen molar-refractivity contribution in [1.29, 1.82) is 0 Å². The molecule has 4 heteroatoms. The lowest BCUT2D eigenvalue weighted by Crippen LogP contribution is -2.54. The maximum absolute atomic E-state index is 11.2. The molecule has 116 valence electrons. The van der Waals surface area contributed by atoms with Crippen molar-refractivity contribution in [1.82, 2.24) is 10.3 Å². The van der Waals surface area contributed by atoms with Crippen LogP contribution in [0.1, 0.15) is 37.7 Å². The molecule has 1 aromatic heterocycles. The zero-order chi connectivity index (χ0) is 15.2. The highest BCUT2D eigenvalue weighted by molar-refractivity contribution is 5.80. The number of nitrogens with zero attached hydrogens (tertiary/aromatic N) is 1. The van der Waals surface area contributed by atoms with Crippen LogP contribution in [-0.2, 0) is 5.60 Å². The van der Waals surface area contributed by atoms with Crippen LogP contribution in [0.15, 0.2) is 30.3 Å². The number of piperidine rings is 2. The molecule has 0 radical (unpaired) electrons. The lowest BCUT2D eigenvalue weighted by atomic mass is 9.74. The summed E-state index contributed by atoms with van der Waals surface area (Å²) in [6, 6.07) is 10.9. The second-order valence-corrected chi connectivity index (χ2v) is 6.69. The van der Waals surface area contributed by atoms with Gasteiger partial charge in [0.25, 0.3) is 0 Å². The molecule has 22 heavy (non-hydrogen) atoms. The van der Waals surface area contributed by atoms with Crippen LogP contribution in [0.5, 0.6) is 5.88 Å². The summed E-state index contributed by atoms with van der Waals surface area (Å²) in [5, 5.41) is 15.9. The molecular formula is C18H22N2O2. The summed E-state index contributed by atoms with van der Waals surface area (Å²) in [6.07, 6.45) is 5.23. The van der Waals surface area contributed by atoms with E-state index in [1.165, 1.54) is 19.3 Å². The van der Waals surface area contributed by atoms with Gasteiger partial charge in [-0.25, -0.2) is 4.98 Å². The fourth-order valence-corrected chi connectivity index (χ4v) is 4.08. The predicted molar refractivity (Wildman–Crippen MR) is 86.0 cm³/mol. The highest BCUT2D eigenvalue weighted by Crippen LogP contribution is 2.40. The van der Waals surface area contributed by atoms with E-state index in [1.54, 1.807) is 7.11 Å². The molecule has 3 heterocycles. The standard InChI is InChI=1S/C18H22N2O2/c1-22-17-8-5-12-9-13(6-7-16(12)20-17)18(21)10-14-3-2-4-15(11-18)19-14/h5-9,14-15,19,21H,2-4,10-11H2,1H3. The SMILES string of the molecule is COc1ccc2cc(C3(O)CC4CCCC(C3)N4)ccc2n1. The van der Waals surface area contributed by atoms with Crippen molar-refractivity contribution in [2.75, 3.05) is 7.11 Å². The molecule has 2 fully saturated rings. The van der Waals surface area contributed by atoms with E-state index in [2.05, 4.69) is 16.4 Å². The van der Waals surface area contributed by atoms with Crippen LogP contribution in [0.4, 0.5) is 0 Å². The van der Waals surface area contributed by atoms with Crippen LogP contribution < -0.4 is 10.1 Å². The lowest BCUT2D eigenvalue weighted by Gasteiger charge is -2.45. The lowest BCUT2D eigenvalue weighted by molar-refractivity contribution is -0.0357. The number of aliphatic hydroxyl groups is 1. The van der Waals surface area contributed by atoms with Gasteiger partial charge < -0.3 is 15.2 Å². The Morgan fingerprint density at radius 3 is 2.68 bits per heavy atom. The Kier molecular flexibility index (Phi) is 3.31. The third-order valence-electron chi connectivity index (χ3n) is 5.15. The number of benzene rings is 1.